The molecule has 3 heteroatoms. The average Bonchev–Trinajstić information content (AvgIpc) is 2.29. The first-order valence-corrected chi connectivity index (χ1v) is 5.86. The summed E-state index contributed by atoms with van der Waals surface area (Å²) < 4.78 is 13.2. The zero-order valence-electron chi connectivity index (χ0n) is 10.3. The van der Waals surface area contributed by atoms with Crippen LogP contribution < -0.4 is 11.3 Å². The van der Waals surface area contributed by atoms with E-state index in [1.165, 1.54) is 6.07 Å². The van der Waals surface area contributed by atoms with Gasteiger partial charge in [-0.1, -0.05) is 32.8 Å². The van der Waals surface area contributed by atoms with Gasteiger partial charge < -0.3 is 0 Å². The van der Waals surface area contributed by atoms with E-state index in [0.717, 1.165) is 24.0 Å². The van der Waals surface area contributed by atoms with E-state index < -0.39 is 0 Å². The fraction of sp³-hybridized carbons (Fsp3) is 0.538. The van der Waals surface area contributed by atoms with Gasteiger partial charge in [-0.2, -0.15) is 0 Å². The summed E-state index contributed by atoms with van der Waals surface area (Å²) in [6, 6.07) is 4.90. The summed E-state index contributed by atoms with van der Waals surface area (Å²) in [5.41, 5.74) is 4.87. The molecule has 0 bridgehead atoms. The molecule has 0 radical (unpaired) electrons. The maximum Gasteiger partial charge on any atom is 0.123 e. The molecule has 3 N–H and O–H groups in total. The molecule has 0 saturated carbocycles. The molecule has 0 aliphatic heterocycles. The number of hydrazine groups is 1. The van der Waals surface area contributed by atoms with Crippen LogP contribution in [0.1, 0.15) is 43.9 Å². The molecule has 0 aromatic heterocycles. The summed E-state index contributed by atoms with van der Waals surface area (Å²) in [5, 5.41) is 0. The largest absolute Gasteiger partial charge is 0.271 e. The summed E-state index contributed by atoms with van der Waals surface area (Å²) >= 11 is 0. The third-order valence-corrected chi connectivity index (χ3v) is 3.28. The van der Waals surface area contributed by atoms with Crippen molar-refractivity contribution in [2.75, 3.05) is 0 Å². The third-order valence-electron chi connectivity index (χ3n) is 3.28. The minimum Gasteiger partial charge on any atom is -0.271 e. The number of nitrogens with two attached hydrogens (primary N) is 1. The van der Waals surface area contributed by atoms with Gasteiger partial charge in [0.15, 0.2) is 0 Å². The molecule has 0 aliphatic rings. The molecule has 0 aliphatic carbocycles. The quantitative estimate of drug-likeness (QED) is 0.596. The minimum atomic E-state index is -0.202. The number of nitrogens with one attached hydrogen (secondary N) is 1. The van der Waals surface area contributed by atoms with Crippen molar-refractivity contribution in [1.82, 2.24) is 5.43 Å². The van der Waals surface area contributed by atoms with E-state index in [0.29, 0.717) is 5.92 Å². The van der Waals surface area contributed by atoms with E-state index in [9.17, 15) is 4.39 Å². The van der Waals surface area contributed by atoms with Gasteiger partial charge >= 0.3 is 0 Å². The van der Waals surface area contributed by atoms with E-state index in [-0.39, 0.29) is 11.9 Å². The predicted octanol–water partition coefficient (Wildman–Crippen LogP) is 3.07. The Bertz CT molecular complexity index is 335. The van der Waals surface area contributed by atoms with Gasteiger partial charge in [0.1, 0.15) is 5.82 Å². The molecule has 0 fully saturated rings. The van der Waals surface area contributed by atoms with Crippen molar-refractivity contribution in [1.29, 1.82) is 0 Å². The Hall–Kier alpha value is -0.930. The maximum absolute atomic E-state index is 13.2. The summed E-state index contributed by atoms with van der Waals surface area (Å²) in [4.78, 5) is 0. The van der Waals surface area contributed by atoms with Crippen LogP contribution in [0, 0.1) is 18.7 Å². The second kappa shape index (κ2) is 5.97. The molecule has 0 heterocycles. The lowest BCUT2D eigenvalue weighted by Crippen LogP contribution is -2.33. The monoisotopic (exact) mass is 224 g/mol. The third kappa shape index (κ3) is 2.80. The first kappa shape index (κ1) is 13.1. The van der Waals surface area contributed by atoms with Gasteiger partial charge in [0, 0.05) is 6.04 Å². The first-order valence-electron chi connectivity index (χ1n) is 5.86. The number of hydrogen-bond acceptors (Lipinski definition) is 2. The van der Waals surface area contributed by atoms with Gasteiger partial charge in [-0.05, 0) is 36.1 Å². The van der Waals surface area contributed by atoms with Gasteiger partial charge in [0.05, 0.1) is 0 Å². The Kier molecular flexibility index (Phi) is 4.90. The van der Waals surface area contributed by atoms with Crippen molar-refractivity contribution in [3.05, 3.63) is 35.1 Å². The second-order valence-corrected chi connectivity index (χ2v) is 4.22. The molecule has 1 rings (SSSR count). The number of rotatable bonds is 5. The maximum atomic E-state index is 13.2. The lowest BCUT2D eigenvalue weighted by atomic mass is 9.87. The standard InChI is InChI=1S/C13H21FN2/c1-4-10(5-2)13(16-15)12-8-11(14)7-6-9(12)3/h6-8,10,13,16H,4-5,15H2,1-3H3. The Morgan fingerprint density at radius 1 is 1.31 bits per heavy atom. The van der Waals surface area contributed by atoms with Crippen LogP contribution in [-0.4, -0.2) is 0 Å². The molecule has 0 amide bonds. The van der Waals surface area contributed by atoms with E-state index in [1.807, 2.05) is 6.92 Å². The highest BCUT2D eigenvalue weighted by atomic mass is 19.1. The molecule has 1 aromatic rings. The topological polar surface area (TPSA) is 38.0 Å². The van der Waals surface area contributed by atoms with Crippen molar-refractivity contribution < 1.29 is 4.39 Å². The molecular weight excluding hydrogens is 203 g/mol. The SMILES string of the molecule is CCC(CC)C(NN)c1cc(F)ccc1C. The van der Waals surface area contributed by atoms with Crippen molar-refractivity contribution in [3.63, 3.8) is 0 Å². The van der Waals surface area contributed by atoms with E-state index in [2.05, 4.69) is 19.3 Å². The molecule has 1 aromatic carbocycles. The zero-order valence-corrected chi connectivity index (χ0v) is 10.3. The number of hydrogen-bond donors (Lipinski definition) is 2. The van der Waals surface area contributed by atoms with Crippen molar-refractivity contribution in [2.45, 2.75) is 39.7 Å². The normalized spacial score (nSPS) is 13.1. The Morgan fingerprint density at radius 3 is 2.44 bits per heavy atom. The first-order chi connectivity index (χ1) is 7.63. The van der Waals surface area contributed by atoms with E-state index in [1.54, 1.807) is 12.1 Å². The fourth-order valence-electron chi connectivity index (χ4n) is 2.19. The molecule has 0 saturated heterocycles. The smallest absolute Gasteiger partial charge is 0.123 e. The second-order valence-electron chi connectivity index (χ2n) is 4.22. The van der Waals surface area contributed by atoms with Crippen molar-refractivity contribution in [3.8, 4) is 0 Å². The van der Waals surface area contributed by atoms with E-state index in [4.69, 9.17) is 5.84 Å². The predicted molar refractivity (Wildman–Crippen MR) is 65.3 cm³/mol. The Labute approximate surface area is 97.0 Å². The molecule has 1 atom stereocenters. The summed E-state index contributed by atoms with van der Waals surface area (Å²) in [6.45, 7) is 6.25. The van der Waals surface area contributed by atoms with Gasteiger partial charge in [-0.25, -0.2) is 4.39 Å². The molecule has 16 heavy (non-hydrogen) atoms. The van der Waals surface area contributed by atoms with Gasteiger partial charge in [-0.3, -0.25) is 11.3 Å². The van der Waals surface area contributed by atoms with Gasteiger partial charge in [0.25, 0.3) is 0 Å². The van der Waals surface area contributed by atoms with Crippen LogP contribution in [0.15, 0.2) is 18.2 Å². The summed E-state index contributed by atoms with van der Waals surface area (Å²) in [6.07, 6.45) is 2.06. The van der Waals surface area contributed by atoms with Crippen LogP contribution in [0.2, 0.25) is 0 Å². The number of halogens is 1. The van der Waals surface area contributed by atoms with Crippen LogP contribution in [0.4, 0.5) is 4.39 Å². The highest BCUT2D eigenvalue weighted by Gasteiger charge is 2.20. The van der Waals surface area contributed by atoms with Crippen LogP contribution in [0.3, 0.4) is 0 Å². The summed E-state index contributed by atoms with van der Waals surface area (Å²) in [7, 11) is 0. The van der Waals surface area contributed by atoms with Gasteiger partial charge in [0.2, 0.25) is 0 Å². The van der Waals surface area contributed by atoms with Crippen LogP contribution >= 0.6 is 0 Å². The van der Waals surface area contributed by atoms with Crippen LogP contribution in [0.25, 0.3) is 0 Å². The van der Waals surface area contributed by atoms with Gasteiger partial charge in [-0.15, -0.1) is 0 Å². The van der Waals surface area contributed by atoms with E-state index >= 15 is 0 Å². The number of aryl methyl sites for hydroxylation is 1. The van der Waals surface area contributed by atoms with Crippen molar-refractivity contribution in [2.24, 2.45) is 11.8 Å². The Balaban J connectivity index is 3.06. The Morgan fingerprint density at radius 2 is 1.94 bits per heavy atom. The molecule has 1 unspecified atom stereocenters. The highest BCUT2D eigenvalue weighted by molar-refractivity contribution is 5.30. The molecular formula is C13H21FN2. The molecule has 2 nitrogen and oxygen atoms in total. The van der Waals surface area contributed by atoms with Crippen LogP contribution in [0.5, 0.6) is 0 Å². The summed E-state index contributed by atoms with van der Waals surface area (Å²) in [5.74, 6) is 5.84. The van der Waals surface area contributed by atoms with Crippen molar-refractivity contribution >= 4 is 0 Å². The zero-order chi connectivity index (χ0) is 12.1. The lowest BCUT2D eigenvalue weighted by molar-refractivity contribution is 0.343. The molecule has 90 valence electrons. The lowest BCUT2D eigenvalue weighted by Gasteiger charge is -2.26. The molecule has 0 spiro atoms. The van der Waals surface area contributed by atoms with Crippen LogP contribution in [-0.2, 0) is 0 Å². The number of benzene rings is 1. The highest BCUT2D eigenvalue weighted by Crippen LogP contribution is 2.29. The average molecular weight is 224 g/mol. The minimum absolute atomic E-state index is 0.0331. The fourth-order valence-corrected chi connectivity index (χ4v) is 2.19.